The lowest BCUT2D eigenvalue weighted by atomic mass is 9.98. The van der Waals surface area contributed by atoms with E-state index in [1.54, 1.807) is 0 Å². The van der Waals surface area contributed by atoms with E-state index in [0.29, 0.717) is 5.92 Å². The van der Waals surface area contributed by atoms with Crippen molar-refractivity contribution >= 4 is 11.6 Å². The lowest BCUT2D eigenvalue weighted by molar-refractivity contribution is 0.460. The molecule has 1 aromatic rings. The van der Waals surface area contributed by atoms with Gasteiger partial charge in [0.1, 0.15) is 0 Å². The molecule has 0 bridgehead atoms. The lowest BCUT2D eigenvalue weighted by Crippen LogP contribution is -2.20. The molecule has 0 amide bonds. The van der Waals surface area contributed by atoms with Gasteiger partial charge < -0.3 is 5.73 Å². The van der Waals surface area contributed by atoms with Crippen molar-refractivity contribution in [2.24, 2.45) is 11.7 Å². The van der Waals surface area contributed by atoms with Gasteiger partial charge in [-0.3, -0.25) is 4.68 Å². The standard InChI is InChI=1S/C13H24ClN3/c1-5-11-13(14)12(17(6-2)16-11)8-9(3)7-10(4)15/h9-10H,5-8,15H2,1-4H3. The lowest BCUT2D eigenvalue weighted by Gasteiger charge is -2.14. The fraction of sp³-hybridized carbons (Fsp3) is 0.769. The summed E-state index contributed by atoms with van der Waals surface area (Å²) in [5.41, 5.74) is 8.01. The summed E-state index contributed by atoms with van der Waals surface area (Å²) in [4.78, 5) is 0. The second-order valence-corrected chi connectivity index (χ2v) is 5.28. The van der Waals surface area contributed by atoms with Gasteiger partial charge in [-0.05, 0) is 39.0 Å². The molecule has 2 atom stereocenters. The van der Waals surface area contributed by atoms with Crippen LogP contribution in [0.1, 0.15) is 45.5 Å². The molecule has 4 heteroatoms. The Morgan fingerprint density at radius 2 is 2.00 bits per heavy atom. The smallest absolute Gasteiger partial charge is 0.0849 e. The van der Waals surface area contributed by atoms with Crippen LogP contribution < -0.4 is 5.73 Å². The predicted octanol–water partition coefficient (Wildman–Crippen LogP) is 3.03. The molecule has 0 saturated heterocycles. The van der Waals surface area contributed by atoms with Crippen LogP contribution in [-0.2, 0) is 19.4 Å². The van der Waals surface area contributed by atoms with Crippen LogP contribution in [0.2, 0.25) is 5.02 Å². The van der Waals surface area contributed by atoms with Gasteiger partial charge in [-0.1, -0.05) is 25.4 Å². The van der Waals surface area contributed by atoms with Gasteiger partial charge in [0, 0.05) is 12.6 Å². The zero-order valence-corrected chi connectivity index (χ0v) is 12.1. The predicted molar refractivity (Wildman–Crippen MR) is 73.4 cm³/mol. The zero-order chi connectivity index (χ0) is 13.0. The van der Waals surface area contributed by atoms with Gasteiger partial charge in [0.2, 0.25) is 0 Å². The third-order valence-corrected chi connectivity index (χ3v) is 3.45. The van der Waals surface area contributed by atoms with Crippen molar-refractivity contribution in [2.75, 3.05) is 0 Å². The fourth-order valence-corrected chi connectivity index (χ4v) is 2.61. The molecule has 0 saturated carbocycles. The third-order valence-electron chi connectivity index (χ3n) is 3.01. The van der Waals surface area contributed by atoms with Crippen molar-refractivity contribution in [2.45, 2.75) is 59.5 Å². The largest absolute Gasteiger partial charge is 0.328 e. The van der Waals surface area contributed by atoms with Crippen LogP contribution in [0.5, 0.6) is 0 Å². The van der Waals surface area contributed by atoms with E-state index in [4.69, 9.17) is 17.3 Å². The Balaban J connectivity index is 2.85. The Labute approximate surface area is 109 Å². The molecule has 1 aromatic heterocycles. The third kappa shape index (κ3) is 3.71. The molecule has 17 heavy (non-hydrogen) atoms. The van der Waals surface area contributed by atoms with Crippen LogP contribution in [0, 0.1) is 5.92 Å². The van der Waals surface area contributed by atoms with Crippen molar-refractivity contribution in [1.29, 1.82) is 0 Å². The number of halogens is 1. The Morgan fingerprint density at radius 3 is 2.47 bits per heavy atom. The summed E-state index contributed by atoms with van der Waals surface area (Å²) in [6.07, 6.45) is 2.87. The van der Waals surface area contributed by atoms with Gasteiger partial charge >= 0.3 is 0 Å². The number of nitrogens with zero attached hydrogens (tertiary/aromatic N) is 2. The maximum Gasteiger partial charge on any atom is 0.0849 e. The Morgan fingerprint density at radius 1 is 1.35 bits per heavy atom. The molecule has 0 radical (unpaired) electrons. The highest BCUT2D eigenvalue weighted by Gasteiger charge is 2.17. The highest BCUT2D eigenvalue weighted by molar-refractivity contribution is 6.31. The minimum atomic E-state index is 0.243. The maximum atomic E-state index is 6.37. The fourth-order valence-electron chi connectivity index (χ4n) is 2.26. The van der Waals surface area contributed by atoms with Crippen LogP contribution >= 0.6 is 11.6 Å². The van der Waals surface area contributed by atoms with E-state index in [9.17, 15) is 0 Å². The number of aryl methyl sites for hydroxylation is 2. The van der Waals surface area contributed by atoms with E-state index in [1.807, 2.05) is 11.6 Å². The summed E-state index contributed by atoms with van der Waals surface area (Å²) >= 11 is 6.37. The Bertz CT molecular complexity index is 358. The average molecular weight is 258 g/mol. The number of hydrogen-bond acceptors (Lipinski definition) is 2. The Kier molecular flexibility index (Phi) is 5.47. The van der Waals surface area contributed by atoms with Crippen molar-refractivity contribution in [3.63, 3.8) is 0 Å². The summed E-state index contributed by atoms with van der Waals surface area (Å²) in [5, 5.41) is 5.39. The number of hydrogen-bond donors (Lipinski definition) is 1. The first kappa shape index (κ1) is 14.5. The molecule has 2 N–H and O–H groups in total. The van der Waals surface area contributed by atoms with Gasteiger partial charge in [0.05, 0.1) is 16.4 Å². The van der Waals surface area contributed by atoms with E-state index in [-0.39, 0.29) is 6.04 Å². The quantitative estimate of drug-likeness (QED) is 0.851. The molecule has 0 aliphatic heterocycles. The zero-order valence-electron chi connectivity index (χ0n) is 11.3. The van der Waals surface area contributed by atoms with E-state index >= 15 is 0 Å². The van der Waals surface area contributed by atoms with Gasteiger partial charge in [-0.15, -0.1) is 0 Å². The minimum Gasteiger partial charge on any atom is -0.328 e. The molecule has 0 aliphatic carbocycles. The minimum absolute atomic E-state index is 0.243. The number of aromatic nitrogens is 2. The molecule has 2 unspecified atom stereocenters. The molecule has 98 valence electrons. The molecule has 0 aromatic carbocycles. The monoisotopic (exact) mass is 257 g/mol. The van der Waals surface area contributed by atoms with E-state index in [2.05, 4.69) is 25.9 Å². The molecule has 3 nitrogen and oxygen atoms in total. The normalized spacial score (nSPS) is 14.9. The second-order valence-electron chi connectivity index (χ2n) is 4.90. The molecule has 1 heterocycles. The summed E-state index contributed by atoms with van der Waals surface area (Å²) in [5.74, 6) is 0.541. The number of rotatable bonds is 6. The first-order chi connectivity index (χ1) is 7.99. The number of nitrogens with two attached hydrogens (primary N) is 1. The Hall–Kier alpha value is -0.540. The van der Waals surface area contributed by atoms with Crippen molar-refractivity contribution in [3.8, 4) is 0 Å². The van der Waals surface area contributed by atoms with E-state index < -0.39 is 0 Å². The van der Waals surface area contributed by atoms with Crippen LogP contribution in [0.15, 0.2) is 0 Å². The van der Waals surface area contributed by atoms with Crippen LogP contribution in [-0.4, -0.2) is 15.8 Å². The van der Waals surface area contributed by atoms with E-state index in [1.165, 1.54) is 5.69 Å². The molecule has 0 spiro atoms. The first-order valence-corrected chi connectivity index (χ1v) is 6.86. The highest BCUT2D eigenvalue weighted by Crippen LogP contribution is 2.25. The van der Waals surface area contributed by atoms with Crippen molar-refractivity contribution in [3.05, 3.63) is 16.4 Å². The highest BCUT2D eigenvalue weighted by atomic mass is 35.5. The van der Waals surface area contributed by atoms with Crippen LogP contribution in [0.4, 0.5) is 0 Å². The van der Waals surface area contributed by atoms with Crippen molar-refractivity contribution < 1.29 is 0 Å². The summed E-state index contributed by atoms with van der Waals surface area (Å²) in [6, 6.07) is 0.243. The summed E-state index contributed by atoms with van der Waals surface area (Å²) in [6.45, 7) is 9.33. The van der Waals surface area contributed by atoms with Crippen molar-refractivity contribution in [1.82, 2.24) is 9.78 Å². The molecule has 0 aliphatic rings. The maximum absolute atomic E-state index is 6.37. The topological polar surface area (TPSA) is 43.8 Å². The van der Waals surface area contributed by atoms with E-state index in [0.717, 1.165) is 36.5 Å². The average Bonchev–Trinajstić information content (AvgIpc) is 2.55. The van der Waals surface area contributed by atoms with Gasteiger partial charge in [0.15, 0.2) is 0 Å². The SMILES string of the molecule is CCc1nn(CC)c(CC(C)CC(C)N)c1Cl. The molecule has 1 rings (SSSR count). The van der Waals surface area contributed by atoms with Crippen LogP contribution in [0.25, 0.3) is 0 Å². The first-order valence-electron chi connectivity index (χ1n) is 6.49. The summed E-state index contributed by atoms with van der Waals surface area (Å²) in [7, 11) is 0. The van der Waals surface area contributed by atoms with Gasteiger partial charge in [-0.2, -0.15) is 5.10 Å². The summed E-state index contributed by atoms with van der Waals surface area (Å²) < 4.78 is 2.03. The van der Waals surface area contributed by atoms with Gasteiger partial charge in [-0.25, -0.2) is 0 Å². The van der Waals surface area contributed by atoms with Gasteiger partial charge in [0.25, 0.3) is 0 Å². The molecular formula is C13H24ClN3. The molecular weight excluding hydrogens is 234 g/mol. The second kappa shape index (κ2) is 6.41. The van der Waals surface area contributed by atoms with Crippen LogP contribution in [0.3, 0.4) is 0 Å². The molecule has 0 fully saturated rings.